The molecule has 3 heterocycles. The second-order valence-electron chi connectivity index (χ2n) is 3.12. The van der Waals surface area contributed by atoms with Crippen molar-refractivity contribution in [3.63, 3.8) is 0 Å². The van der Waals surface area contributed by atoms with Crippen molar-refractivity contribution in [2.75, 3.05) is 11.5 Å². The monoisotopic (exact) mass is 233 g/mol. The first kappa shape index (κ1) is 9.04. The van der Waals surface area contributed by atoms with Gasteiger partial charge in [-0.1, -0.05) is 11.3 Å². The maximum atomic E-state index is 5.79. The molecule has 0 bridgehead atoms. The maximum Gasteiger partial charge on any atom is 0.186 e. The number of rotatable bonds is 1. The zero-order valence-electron chi connectivity index (χ0n) is 8.01. The van der Waals surface area contributed by atoms with Gasteiger partial charge in [0, 0.05) is 6.20 Å². The van der Waals surface area contributed by atoms with Gasteiger partial charge in [-0.3, -0.25) is 5.10 Å². The Kier molecular flexibility index (Phi) is 1.77. The van der Waals surface area contributed by atoms with Gasteiger partial charge in [-0.2, -0.15) is 5.10 Å². The standard InChI is InChI=1S/C8H7N7S/c9-6-4-5(3-1-11-8(10)16-3)14-15-7(4)13-2-12-6/h1-2H,(H2,10,11)(H3,9,12,13,14,15). The van der Waals surface area contributed by atoms with Gasteiger partial charge in [-0.25, -0.2) is 15.0 Å². The average Bonchev–Trinajstić information content (AvgIpc) is 2.84. The number of thiazole rings is 1. The van der Waals surface area contributed by atoms with E-state index in [4.69, 9.17) is 11.5 Å². The van der Waals surface area contributed by atoms with Gasteiger partial charge in [0.15, 0.2) is 10.8 Å². The lowest BCUT2D eigenvalue weighted by atomic mass is 10.2. The number of nitrogen functional groups attached to an aromatic ring is 2. The van der Waals surface area contributed by atoms with Crippen LogP contribution in [0.25, 0.3) is 21.6 Å². The summed E-state index contributed by atoms with van der Waals surface area (Å²) >= 11 is 1.35. The summed E-state index contributed by atoms with van der Waals surface area (Å²) in [7, 11) is 0. The van der Waals surface area contributed by atoms with Crippen molar-refractivity contribution >= 4 is 33.3 Å². The van der Waals surface area contributed by atoms with Crippen molar-refractivity contribution in [3.05, 3.63) is 12.5 Å². The Morgan fingerprint density at radius 1 is 1.19 bits per heavy atom. The number of anilines is 2. The molecule has 0 aliphatic carbocycles. The fourth-order valence-electron chi connectivity index (χ4n) is 1.46. The highest BCUT2D eigenvalue weighted by atomic mass is 32.1. The van der Waals surface area contributed by atoms with E-state index in [9.17, 15) is 0 Å². The molecule has 0 radical (unpaired) electrons. The van der Waals surface area contributed by atoms with Gasteiger partial charge >= 0.3 is 0 Å². The quantitative estimate of drug-likeness (QED) is 0.567. The normalized spacial score (nSPS) is 11.0. The molecule has 0 atom stereocenters. The van der Waals surface area contributed by atoms with E-state index in [2.05, 4.69) is 25.1 Å². The zero-order valence-corrected chi connectivity index (χ0v) is 8.82. The number of aromatic nitrogens is 5. The summed E-state index contributed by atoms with van der Waals surface area (Å²) in [4.78, 5) is 12.8. The van der Waals surface area contributed by atoms with Crippen LogP contribution in [0.4, 0.5) is 10.9 Å². The first-order valence-corrected chi connectivity index (χ1v) is 5.23. The van der Waals surface area contributed by atoms with E-state index in [0.717, 1.165) is 10.6 Å². The minimum atomic E-state index is 0.390. The van der Waals surface area contributed by atoms with Crippen LogP contribution in [0.2, 0.25) is 0 Å². The number of hydrogen-bond acceptors (Lipinski definition) is 7. The number of H-pyrrole nitrogens is 1. The SMILES string of the molecule is Nc1ncc(-c2[nH]nc3ncnc(N)c23)s1. The molecule has 0 fully saturated rings. The molecular weight excluding hydrogens is 226 g/mol. The summed E-state index contributed by atoms with van der Waals surface area (Å²) in [5.74, 6) is 0.390. The lowest BCUT2D eigenvalue weighted by Crippen LogP contribution is -1.92. The van der Waals surface area contributed by atoms with E-state index in [1.54, 1.807) is 6.20 Å². The van der Waals surface area contributed by atoms with Gasteiger partial charge in [0.2, 0.25) is 0 Å². The summed E-state index contributed by atoms with van der Waals surface area (Å²) in [6, 6.07) is 0. The largest absolute Gasteiger partial charge is 0.383 e. The van der Waals surface area contributed by atoms with Crippen LogP contribution in [0.5, 0.6) is 0 Å². The molecule has 16 heavy (non-hydrogen) atoms. The van der Waals surface area contributed by atoms with Gasteiger partial charge in [-0.15, -0.1) is 0 Å². The van der Waals surface area contributed by atoms with E-state index >= 15 is 0 Å². The predicted octanol–water partition coefficient (Wildman–Crippen LogP) is 0.641. The van der Waals surface area contributed by atoms with Gasteiger partial charge in [0.1, 0.15) is 12.1 Å². The molecule has 80 valence electrons. The number of nitrogens with two attached hydrogens (primary N) is 2. The highest BCUT2D eigenvalue weighted by molar-refractivity contribution is 7.18. The predicted molar refractivity (Wildman–Crippen MR) is 61.6 cm³/mol. The Balaban J connectivity index is 2.32. The third-order valence-electron chi connectivity index (χ3n) is 2.15. The topological polar surface area (TPSA) is 119 Å². The van der Waals surface area contributed by atoms with Crippen LogP contribution >= 0.6 is 11.3 Å². The Hall–Kier alpha value is -2.22. The summed E-state index contributed by atoms with van der Waals surface area (Å²) in [6.45, 7) is 0. The molecule has 0 aliphatic rings. The van der Waals surface area contributed by atoms with Crippen molar-refractivity contribution in [2.45, 2.75) is 0 Å². The molecule has 3 aromatic heterocycles. The molecule has 0 saturated heterocycles. The summed E-state index contributed by atoms with van der Waals surface area (Å²) < 4.78 is 0. The molecule has 3 aromatic rings. The second-order valence-corrected chi connectivity index (χ2v) is 4.18. The second kappa shape index (κ2) is 3.14. The summed E-state index contributed by atoms with van der Waals surface area (Å²) in [5, 5.41) is 8.11. The van der Waals surface area contributed by atoms with Crippen molar-refractivity contribution in [1.29, 1.82) is 0 Å². The van der Waals surface area contributed by atoms with E-state index in [1.165, 1.54) is 17.7 Å². The van der Waals surface area contributed by atoms with Crippen molar-refractivity contribution < 1.29 is 0 Å². The van der Waals surface area contributed by atoms with E-state index in [-0.39, 0.29) is 0 Å². The van der Waals surface area contributed by atoms with Crippen molar-refractivity contribution in [2.24, 2.45) is 0 Å². The third kappa shape index (κ3) is 1.20. The maximum absolute atomic E-state index is 5.79. The summed E-state index contributed by atoms with van der Waals surface area (Å²) in [5.41, 5.74) is 12.7. The number of hydrogen-bond donors (Lipinski definition) is 3. The number of nitrogens with one attached hydrogen (secondary N) is 1. The molecular formula is C8H7N7S. The fraction of sp³-hybridized carbons (Fsp3) is 0. The van der Waals surface area contributed by atoms with Crippen LogP contribution in [-0.4, -0.2) is 25.1 Å². The zero-order chi connectivity index (χ0) is 11.1. The van der Waals surface area contributed by atoms with E-state index in [0.29, 0.717) is 22.0 Å². The molecule has 5 N–H and O–H groups in total. The van der Waals surface area contributed by atoms with Crippen LogP contribution < -0.4 is 11.5 Å². The molecule has 0 unspecified atom stereocenters. The first-order valence-electron chi connectivity index (χ1n) is 4.42. The minimum absolute atomic E-state index is 0.390. The van der Waals surface area contributed by atoms with Crippen molar-refractivity contribution in [1.82, 2.24) is 25.1 Å². The van der Waals surface area contributed by atoms with Gasteiger partial charge in [0.25, 0.3) is 0 Å². The molecule has 0 amide bonds. The minimum Gasteiger partial charge on any atom is -0.383 e. The van der Waals surface area contributed by atoms with Crippen LogP contribution in [0.1, 0.15) is 0 Å². The molecule has 0 aromatic carbocycles. The molecule has 7 nitrogen and oxygen atoms in total. The highest BCUT2D eigenvalue weighted by Crippen LogP contribution is 2.32. The van der Waals surface area contributed by atoms with Crippen LogP contribution in [0.15, 0.2) is 12.5 Å². The fourth-order valence-corrected chi connectivity index (χ4v) is 2.15. The van der Waals surface area contributed by atoms with Crippen LogP contribution in [-0.2, 0) is 0 Å². The molecule has 0 spiro atoms. The molecule has 0 aliphatic heterocycles. The molecule has 3 rings (SSSR count). The van der Waals surface area contributed by atoms with Crippen LogP contribution in [0.3, 0.4) is 0 Å². The number of nitrogens with zero attached hydrogens (tertiary/aromatic N) is 4. The molecule has 8 heteroatoms. The van der Waals surface area contributed by atoms with Gasteiger partial charge < -0.3 is 11.5 Å². The number of fused-ring (bicyclic) bond motifs is 1. The van der Waals surface area contributed by atoms with Crippen molar-refractivity contribution in [3.8, 4) is 10.6 Å². The Morgan fingerprint density at radius 2 is 2.06 bits per heavy atom. The van der Waals surface area contributed by atoms with E-state index in [1.807, 2.05) is 0 Å². The van der Waals surface area contributed by atoms with E-state index < -0.39 is 0 Å². The number of aromatic amines is 1. The lowest BCUT2D eigenvalue weighted by Gasteiger charge is -1.95. The smallest absolute Gasteiger partial charge is 0.186 e. The first-order chi connectivity index (χ1) is 7.75. The van der Waals surface area contributed by atoms with Crippen LogP contribution in [0, 0.1) is 0 Å². The Labute approximate surface area is 93.5 Å². The molecule has 0 saturated carbocycles. The summed E-state index contributed by atoms with van der Waals surface area (Å²) in [6.07, 6.45) is 3.04. The Bertz CT molecular complexity index is 655. The van der Waals surface area contributed by atoms with Gasteiger partial charge in [0.05, 0.1) is 16.0 Å². The lowest BCUT2D eigenvalue weighted by molar-refractivity contribution is 1.09. The Morgan fingerprint density at radius 3 is 2.81 bits per heavy atom. The van der Waals surface area contributed by atoms with Gasteiger partial charge in [-0.05, 0) is 0 Å². The average molecular weight is 233 g/mol. The highest BCUT2D eigenvalue weighted by Gasteiger charge is 2.14. The third-order valence-corrected chi connectivity index (χ3v) is 2.99.